The predicted octanol–water partition coefficient (Wildman–Crippen LogP) is -0.175. The molecule has 0 spiro atoms. The van der Waals surface area contributed by atoms with E-state index in [1.54, 1.807) is 0 Å². The Balaban J connectivity index is 1.68. The number of piperazine rings is 1. The van der Waals surface area contributed by atoms with Crippen molar-refractivity contribution in [2.24, 2.45) is 5.73 Å². The van der Waals surface area contributed by atoms with Crippen LogP contribution in [0.5, 0.6) is 0 Å². The fourth-order valence-corrected chi connectivity index (χ4v) is 2.18. The van der Waals surface area contributed by atoms with Crippen LogP contribution in [-0.2, 0) is 0 Å². The largest absolute Gasteiger partial charge is 0.335 e. The molecule has 2 fully saturated rings. The molecule has 0 aromatic rings. The summed E-state index contributed by atoms with van der Waals surface area (Å²) in [4.78, 5) is 16.1. The van der Waals surface area contributed by atoms with Crippen molar-refractivity contribution in [3.63, 3.8) is 0 Å². The van der Waals surface area contributed by atoms with Gasteiger partial charge in [0.1, 0.15) is 0 Å². The summed E-state index contributed by atoms with van der Waals surface area (Å²) in [6.07, 6.45) is 3.56. The number of nitrogens with one attached hydrogen (secondary N) is 1. The zero-order chi connectivity index (χ0) is 11.4. The van der Waals surface area contributed by atoms with Gasteiger partial charge >= 0.3 is 6.03 Å². The van der Waals surface area contributed by atoms with Gasteiger partial charge in [0, 0.05) is 45.3 Å². The van der Waals surface area contributed by atoms with Crippen LogP contribution in [0, 0.1) is 0 Å². The first kappa shape index (κ1) is 11.7. The van der Waals surface area contributed by atoms with E-state index in [2.05, 4.69) is 10.2 Å². The van der Waals surface area contributed by atoms with Crippen LogP contribution >= 0.6 is 0 Å². The number of urea groups is 1. The second-order valence-corrected chi connectivity index (χ2v) is 4.69. The van der Waals surface area contributed by atoms with Gasteiger partial charge in [-0.25, -0.2) is 4.79 Å². The van der Waals surface area contributed by atoms with E-state index in [0.717, 1.165) is 45.6 Å². The first-order chi connectivity index (χ1) is 7.79. The Kier molecular flexibility index (Phi) is 4.01. The Bertz CT molecular complexity index is 234. The van der Waals surface area contributed by atoms with Crippen molar-refractivity contribution in [3.05, 3.63) is 0 Å². The molecule has 2 rings (SSSR count). The molecule has 5 heteroatoms. The number of carbonyl (C=O) groups is 1. The third-order valence-corrected chi connectivity index (χ3v) is 3.54. The first-order valence-corrected chi connectivity index (χ1v) is 6.27. The highest BCUT2D eigenvalue weighted by Crippen LogP contribution is 2.18. The summed E-state index contributed by atoms with van der Waals surface area (Å²) in [5.41, 5.74) is 5.51. The third kappa shape index (κ3) is 2.86. The minimum Gasteiger partial charge on any atom is -0.335 e. The van der Waals surface area contributed by atoms with Gasteiger partial charge in [0.05, 0.1) is 0 Å². The van der Waals surface area contributed by atoms with E-state index in [1.807, 2.05) is 4.90 Å². The summed E-state index contributed by atoms with van der Waals surface area (Å²) in [5, 5.41) is 3.08. The molecule has 1 saturated heterocycles. The minimum atomic E-state index is 0.122. The van der Waals surface area contributed by atoms with E-state index in [4.69, 9.17) is 5.73 Å². The summed E-state index contributed by atoms with van der Waals surface area (Å²) < 4.78 is 0. The maximum Gasteiger partial charge on any atom is 0.317 e. The Morgan fingerprint density at radius 3 is 2.44 bits per heavy atom. The molecule has 0 aromatic heterocycles. The lowest BCUT2D eigenvalue weighted by molar-refractivity contribution is 0.136. The number of nitrogens with zero attached hydrogens (tertiary/aromatic N) is 2. The molecule has 1 aliphatic carbocycles. The number of hydrogen-bond donors (Lipinski definition) is 2. The molecule has 1 aliphatic heterocycles. The number of nitrogens with two attached hydrogens (primary N) is 1. The first-order valence-electron chi connectivity index (χ1n) is 6.27. The number of amides is 2. The molecular weight excluding hydrogens is 204 g/mol. The second kappa shape index (κ2) is 5.50. The highest BCUT2D eigenvalue weighted by Gasteiger charge is 2.24. The van der Waals surface area contributed by atoms with Crippen LogP contribution in [-0.4, -0.2) is 61.1 Å². The summed E-state index contributed by atoms with van der Waals surface area (Å²) in [6.45, 7) is 5.22. The Labute approximate surface area is 96.9 Å². The van der Waals surface area contributed by atoms with E-state index in [-0.39, 0.29) is 6.03 Å². The summed E-state index contributed by atoms with van der Waals surface area (Å²) >= 11 is 0. The van der Waals surface area contributed by atoms with Gasteiger partial charge in [-0.2, -0.15) is 0 Å². The highest BCUT2D eigenvalue weighted by atomic mass is 16.2. The maximum absolute atomic E-state index is 11.8. The van der Waals surface area contributed by atoms with Crippen LogP contribution in [0.3, 0.4) is 0 Å². The number of carbonyl (C=O) groups excluding carboxylic acids is 1. The van der Waals surface area contributed by atoms with Crippen molar-refractivity contribution >= 4 is 6.03 Å². The van der Waals surface area contributed by atoms with Crippen LogP contribution in [0.25, 0.3) is 0 Å². The molecule has 0 aromatic carbocycles. The van der Waals surface area contributed by atoms with E-state index in [9.17, 15) is 4.79 Å². The van der Waals surface area contributed by atoms with Gasteiger partial charge in [-0.15, -0.1) is 0 Å². The van der Waals surface area contributed by atoms with Gasteiger partial charge in [-0.05, 0) is 19.3 Å². The molecule has 5 nitrogen and oxygen atoms in total. The smallest absolute Gasteiger partial charge is 0.317 e. The fraction of sp³-hybridized carbons (Fsp3) is 0.909. The van der Waals surface area contributed by atoms with Crippen LogP contribution in [0.15, 0.2) is 0 Å². The van der Waals surface area contributed by atoms with Crippen molar-refractivity contribution in [2.45, 2.75) is 25.3 Å². The molecule has 1 heterocycles. The maximum atomic E-state index is 11.8. The molecule has 2 aliphatic rings. The topological polar surface area (TPSA) is 61.6 Å². The fourth-order valence-electron chi connectivity index (χ4n) is 2.18. The molecule has 92 valence electrons. The monoisotopic (exact) mass is 226 g/mol. The zero-order valence-corrected chi connectivity index (χ0v) is 9.82. The van der Waals surface area contributed by atoms with Crippen LogP contribution in [0.4, 0.5) is 4.79 Å². The third-order valence-electron chi connectivity index (χ3n) is 3.54. The lowest BCUT2D eigenvalue weighted by Crippen LogP contribution is -2.54. The number of rotatable bonds is 3. The molecular formula is C11H22N4O. The molecule has 0 atom stereocenters. The zero-order valence-electron chi connectivity index (χ0n) is 9.82. The van der Waals surface area contributed by atoms with Gasteiger partial charge in [0.2, 0.25) is 0 Å². The lowest BCUT2D eigenvalue weighted by Gasteiger charge is -2.36. The van der Waals surface area contributed by atoms with Gasteiger partial charge in [-0.3, -0.25) is 4.90 Å². The second-order valence-electron chi connectivity index (χ2n) is 4.69. The number of hydrogen-bond acceptors (Lipinski definition) is 3. The van der Waals surface area contributed by atoms with Crippen LogP contribution in [0.1, 0.15) is 19.3 Å². The predicted molar refractivity (Wildman–Crippen MR) is 63.2 cm³/mol. The van der Waals surface area contributed by atoms with Crippen molar-refractivity contribution in [3.8, 4) is 0 Å². The SMILES string of the molecule is NCCN1CCN(C(=O)NC2CCC2)CC1. The normalized spacial score (nSPS) is 22.9. The summed E-state index contributed by atoms with van der Waals surface area (Å²) in [6, 6.07) is 0.562. The average molecular weight is 226 g/mol. The average Bonchev–Trinajstić information content (AvgIpc) is 2.25. The van der Waals surface area contributed by atoms with Crippen molar-refractivity contribution in [1.82, 2.24) is 15.1 Å². The van der Waals surface area contributed by atoms with Crippen LogP contribution in [0.2, 0.25) is 0 Å². The molecule has 16 heavy (non-hydrogen) atoms. The van der Waals surface area contributed by atoms with E-state index in [1.165, 1.54) is 6.42 Å². The molecule has 1 saturated carbocycles. The van der Waals surface area contributed by atoms with Gasteiger partial charge in [-0.1, -0.05) is 0 Å². The molecule has 0 radical (unpaired) electrons. The van der Waals surface area contributed by atoms with Crippen molar-refractivity contribution in [1.29, 1.82) is 0 Å². The molecule has 0 unspecified atom stereocenters. The lowest BCUT2D eigenvalue weighted by atomic mass is 9.93. The highest BCUT2D eigenvalue weighted by molar-refractivity contribution is 5.74. The standard InChI is InChI=1S/C11H22N4O/c12-4-5-14-6-8-15(9-7-14)11(16)13-10-2-1-3-10/h10H,1-9,12H2,(H,13,16). The van der Waals surface area contributed by atoms with Gasteiger partial charge < -0.3 is 16.0 Å². The minimum absolute atomic E-state index is 0.122. The Morgan fingerprint density at radius 2 is 1.94 bits per heavy atom. The van der Waals surface area contributed by atoms with Crippen molar-refractivity contribution < 1.29 is 4.79 Å². The summed E-state index contributed by atoms with van der Waals surface area (Å²) in [7, 11) is 0. The van der Waals surface area contributed by atoms with Gasteiger partial charge in [0.25, 0.3) is 0 Å². The quantitative estimate of drug-likeness (QED) is 0.702. The Hall–Kier alpha value is -0.810. The summed E-state index contributed by atoms with van der Waals surface area (Å²) in [5.74, 6) is 0. The van der Waals surface area contributed by atoms with E-state index < -0.39 is 0 Å². The molecule has 2 amide bonds. The van der Waals surface area contributed by atoms with Crippen LogP contribution < -0.4 is 11.1 Å². The molecule has 0 bridgehead atoms. The Morgan fingerprint density at radius 1 is 1.25 bits per heavy atom. The van der Waals surface area contributed by atoms with E-state index >= 15 is 0 Å². The van der Waals surface area contributed by atoms with Gasteiger partial charge in [0.15, 0.2) is 0 Å². The molecule has 3 N–H and O–H groups in total. The van der Waals surface area contributed by atoms with Crippen molar-refractivity contribution in [2.75, 3.05) is 39.3 Å². The van der Waals surface area contributed by atoms with E-state index in [0.29, 0.717) is 12.6 Å².